The van der Waals surface area contributed by atoms with Crippen molar-refractivity contribution in [1.82, 2.24) is 10.3 Å². The number of nitrogens with one attached hydrogen (secondary N) is 1. The fraction of sp³-hybridized carbons (Fsp3) is 0.200. The number of aromatic nitrogens is 1. The first-order chi connectivity index (χ1) is 9.65. The molecule has 104 valence electrons. The average molecular weight is 274 g/mol. The zero-order valence-electron chi connectivity index (χ0n) is 10.8. The molecule has 0 atom stereocenters. The number of phenols is 1. The van der Waals surface area contributed by atoms with Crippen molar-refractivity contribution in [2.75, 3.05) is 6.54 Å². The largest absolute Gasteiger partial charge is 0.505 e. The Morgan fingerprint density at radius 3 is 2.65 bits per heavy atom. The molecule has 0 aliphatic carbocycles. The van der Waals surface area contributed by atoms with E-state index in [-0.39, 0.29) is 12.3 Å². The molecule has 4 nitrogen and oxygen atoms in total. The second-order valence-electron chi connectivity index (χ2n) is 4.42. The van der Waals surface area contributed by atoms with Gasteiger partial charge in [-0.05, 0) is 41.8 Å². The van der Waals surface area contributed by atoms with Crippen LogP contribution in [0.4, 0.5) is 4.39 Å². The molecule has 2 aromatic rings. The average Bonchev–Trinajstić information content (AvgIpc) is 2.44. The number of benzene rings is 1. The monoisotopic (exact) mass is 274 g/mol. The van der Waals surface area contributed by atoms with Gasteiger partial charge in [-0.3, -0.25) is 9.78 Å². The molecule has 20 heavy (non-hydrogen) atoms. The van der Waals surface area contributed by atoms with Crippen LogP contribution in [0.5, 0.6) is 5.75 Å². The lowest BCUT2D eigenvalue weighted by Gasteiger charge is -2.06. The normalized spacial score (nSPS) is 10.2. The van der Waals surface area contributed by atoms with Crippen LogP contribution < -0.4 is 5.32 Å². The molecule has 0 aliphatic heterocycles. The molecule has 0 saturated carbocycles. The lowest BCUT2D eigenvalue weighted by Crippen LogP contribution is -2.27. The van der Waals surface area contributed by atoms with Gasteiger partial charge in [0.25, 0.3) is 0 Å². The van der Waals surface area contributed by atoms with Crippen molar-refractivity contribution in [3.63, 3.8) is 0 Å². The quantitative estimate of drug-likeness (QED) is 0.874. The third kappa shape index (κ3) is 4.05. The molecule has 1 aromatic carbocycles. The molecular weight excluding hydrogens is 259 g/mol. The first-order valence-electron chi connectivity index (χ1n) is 6.28. The maximum atomic E-state index is 13.1. The maximum absolute atomic E-state index is 13.1. The smallest absolute Gasteiger partial charge is 0.224 e. The predicted molar refractivity (Wildman–Crippen MR) is 72.7 cm³/mol. The highest BCUT2D eigenvalue weighted by molar-refractivity contribution is 5.78. The molecule has 0 unspecified atom stereocenters. The van der Waals surface area contributed by atoms with Crippen molar-refractivity contribution in [3.8, 4) is 5.75 Å². The number of aromatic hydroxyl groups is 1. The molecule has 0 aliphatic rings. The molecule has 0 bridgehead atoms. The second kappa shape index (κ2) is 6.65. The van der Waals surface area contributed by atoms with Gasteiger partial charge in [-0.1, -0.05) is 6.07 Å². The van der Waals surface area contributed by atoms with Gasteiger partial charge in [0.05, 0.1) is 6.42 Å². The molecule has 0 fully saturated rings. The van der Waals surface area contributed by atoms with Crippen molar-refractivity contribution in [3.05, 3.63) is 59.7 Å². The number of hydrogen-bond acceptors (Lipinski definition) is 3. The number of hydrogen-bond donors (Lipinski definition) is 2. The van der Waals surface area contributed by atoms with E-state index in [2.05, 4.69) is 10.3 Å². The second-order valence-corrected chi connectivity index (χ2v) is 4.42. The predicted octanol–water partition coefficient (Wildman–Crippen LogP) is 1.83. The van der Waals surface area contributed by atoms with Gasteiger partial charge in [-0.2, -0.15) is 0 Å². The summed E-state index contributed by atoms with van der Waals surface area (Å²) < 4.78 is 13.1. The van der Waals surface area contributed by atoms with Crippen molar-refractivity contribution in [2.45, 2.75) is 12.8 Å². The number of rotatable bonds is 5. The van der Waals surface area contributed by atoms with E-state index in [9.17, 15) is 9.18 Å². The maximum Gasteiger partial charge on any atom is 0.224 e. The Labute approximate surface area is 116 Å². The summed E-state index contributed by atoms with van der Waals surface area (Å²) in [7, 11) is 0. The highest BCUT2D eigenvalue weighted by atomic mass is 19.1. The molecule has 5 heteroatoms. The van der Waals surface area contributed by atoms with E-state index in [0.29, 0.717) is 12.1 Å². The van der Waals surface area contributed by atoms with Crippen LogP contribution in [0.15, 0.2) is 42.7 Å². The summed E-state index contributed by atoms with van der Waals surface area (Å²) in [5.41, 5.74) is 1.62. The molecule has 0 saturated heterocycles. The van der Waals surface area contributed by atoms with Gasteiger partial charge >= 0.3 is 0 Å². The number of amides is 1. The van der Waals surface area contributed by atoms with Crippen LogP contribution in [0.2, 0.25) is 0 Å². The minimum Gasteiger partial charge on any atom is -0.505 e. The Hall–Kier alpha value is -2.43. The number of nitrogens with zero attached hydrogens (tertiary/aromatic N) is 1. The van der Waals surface area contributed by atoms with Gasteiger partial charge in [-0.25, -0.2) is 4.39 Å². The Morgan fingerprint density at radius 2 is 1.95 bits per heavy atom. The molecular formula is C15H15FN2O2. The highest BCUT2D eigenvalue weighted by Gasteiger charge is 2.06. The molecule has 1 aromatic heterocycles. The Bertz CT molecular complexity index is 588. The van der Waals surface area contributed by atoms with Gasteiger partial charge in [0.1, 0.15) is 0 Å². The highest BCUT2D eigenvalue weighted by Crippen LogP contribution is 2.16. The summed E-state index contributed by atoms with van der Waals surface area (Å²) in [6.45, 7) is 0.517. The molecule has 0 spiro atoms. The summed E-state index contributed by atoms with van der Waals surface area (Å²) in [5, 5.41) is 11.8. The van der Waals surface area contributed by atoms with E-state index in [1.807, 2.05) is 12.1 Å². The Balaban J connectivity index is 1.79. The Morgan fingerprint density at radius 1 is 1.20 bits per heavy atom. The SMILES string of the molecule is O=C(Cc1ccc(O)c(F)c1)NCCc1ccncc1. The van der Waals surface area contributed by atoms with Crippen LogP contribution in [-0.4, -0.2) is 22.5 Å². The minimum absolute atomic E-state index is 0.0908. The molecule has 1 amide bonds. The van der Waals surface area contributed by atoms with E-state index in [1.165, 1.54) is 12.1 Å². The minimum atomic E-state index is -0.716. The van der Waals surface area contributed by atoms with Gasteiger partial charge in [-0.15, -0.1) is 0 Å². The van der Waals surface area contributed by atoms with Crippen LogP contribution in [0, 0.1) is 5.82 Å². The summed E-state index contributed by atoms with van der Waals surface area (Å²) in [6.07, 6.45) is 4.22. The zero-order valence-corrected chi connectivity index (χ0v) is 10.8. The van der Waals surface area contributed by atoms with Crippen LogP contribution in [0.1, 0.15) is 11.1 Å². The Kier molecular flexibility index (Phi) is 4.65. The third-order valence-electron chi connectivity index (χ3n) is 2.86. The van der Waals surface area contributed by atoms with Gasteiger partial charge < -0.3 is 10.4 Å². The molecule has 2 N–H and O–H groups in total. The lowest BCUT2D eigenvalue weighted by molar-refractivity contribution is -0.120. The van der Waals surface area contributed by atoms with E-state index in [1.54, 1.807) is 12.4 Å². The van der Waals surface area contributed by atoms with Crippen LogP contribution in [0.3, 0.4) is 0 Å². The standard InChI is InChI=1S/C15H15FN2O2/c16-13-9-12(1-2-14(13)19)10-15(20)18-8-5-11-3-6-17-7-4-11/h1-4,6-7,9,19H,5,8,10H2,(H,18,20). The summed E-state index contributed by atoms with van der Waals surface area (Å²) in [5.74, 6) is -1.30. The number of phenolic OH excluding ortho intramolecular Hbond substituents is 1. The van der Waals surface area contributed by atoms with E-state index in [0.717, 1.165) is 18.1 Å². The topological polar surface area (TPSA) is 62.2 Å². The summed E-state index contributed by atoms with van der Waals surface area (Å²) in [4.78, 5) is 15.6. The summed E-state index contributed by atoms with van der Waals surface area (Å²) in [6, 6.07) is 7.72. The molecule has 1 heterocycles. The number of pyridine rings is 1. The fourth-order valence-corrected chi connectivity index (χ4v) is 1.80. The first-order valence-corrected chi connectivity index (χ1v) is 6.28. The fourth-order valence-electron chi connectivity index (χ4n) is 1.80. The van der Waals surface area contributed by atoms with Gasteiger partial charge in [0.15, 0.2) is 11.6 Å². The third-order valence-corrected chi connectivity index (χ3v) is 2.86. The molecule has 0 radical (unpaired) electrons. The van der Waals surface area contributed by atoms with E-state index >= 15 is 0 Å². The van der Waals surface area contributed by atoms with Crippen LogP contribution in [0.25, 0.3) is 0 Å². The van der Waals surface area contributed by atoms with Crippen molar-refractivity contribution < 1.29 is 14.3 Å². The van der Waals surface area contributed by atoms with Crippen molar-refractivity contribution in [1.29, 1.82) is 0 Å². The number of carbonyl (C=O) groups excluding carboxylic acids is 1. The van der Waals surface area contributed by atoms with Gasteiger partial charge in [0, 0.05) is 18.9 Å². The lowest BCUT2D eigenvalue weighted by atomic mass is 10.1. The van der Waals surface area contributed by atoms with Crippen LogP contribution in [-0.2, 0) is 17.6 Å². The number of halogens is 1. The van der Waals surface area contributed by atoms with E-state index < -0.39 is 11.6 Å². The summed E-state index contributed by atoms with van der Waals surface area (Å²) >= 11 is 0. The zero-order chi connectivity index (χ0) is 14.4. The van der Waals surface area contributed by atoms with Gasteiger partial charge in [0.2, 0.25) is 5.91 Å². The number of carbonyl (C=O) groups is 1. The molecule has 2 rings (SSSR count). The van der Waals surface area contributed by atoms with Crippen LogP contribution >= 0.6 is 0 Å². The first kappa shape index (κ1) is 14.0. The van der Waals surface area contributed by atoms with E-state index in [4.69, 9.17) is 5.11 Å². The van der Waals surface area contributed by atoms with Crippen molar-refractivity contribution >= 4 is 5.91 Å². The van der Waals surface area contributed by atoms with Crippen molar-refractivity contribution in [2.24, 2.45) is 0 Å².